The molecule has 0 fully saturated rings. The van der Waals surface area contributed by atoms with Crippen molar-refractivity contribution in [2.24, 2.45) is 0 Å². The highest BCUT2D eigenvalue weighted by Gasteiger charge is 2.13. The highest BCUT2D eigenvalue weighted by Crippen LogP contribution is 2.14. The first-order valence-corrected chi connectivity index (χ1v) is 4.65. The minimum atomic E-state index is 0.101. The highest BCUT2D eigenvalue weighted by molar-refractivity contribution is 5.94. The van der Waals surface area contributed by atoms with E-state index in [1.165, 1.54) is 0 Å². The van der Waals surface area contributed by atoms with Crippen LogP contribution in [-0.4, -0.2) is 15.6 Å². The molecule has 0 bridgehead atoms. The molecule has 0 N–H and O–H groups in total. The molecule has 13 heavy (non-hydrogen) atoms. The van der Waals surface area contributed by atoms with E-state index in [2.05, 4.69) is 18.9 Å². The van der Waals surface area contributed by atoms with E-state index in [4.69, 9.17) is 0 Å². The van der Waals surface area contributed by atoms with Crippen LogP contribution in [0.4, 0.5) is 0 Å². The van der Waals surface area contributed by atoms with E-state index in [0.717, 1.165) is 17.7 Å². The summed E-state index contributed by atoms with van der Waals surface area (Å²) in [6.45, 7) is 7.76. The van der Waals surface area contributed by atoms with Crippen LogP contribution in [0.3, 0.4) is 0 Å². The second-order valence-electron chi connectivity index (χ2n) is 3.45. The lowest BCUT2D eigenvalue weighted by Gasteiger charge is -2.09. The SMILES string of the molecule is CCc1c(C(C)=O)cnn1C(C)C. The van der Waals surface area contributed by atoms with Crippen molar-refractivity contribution in [1.82, 2.24) is 9.78 Å². The monoisotopic (exact) mass is 180 g/mol. The number of ketones is 1. The number of nitrogens with zero attached hydrogens (tertiary/aromatic N) is 2. The summed E-state index contributed by atoms with van der Waals surface area (Å²) in [6, 6.07) is 0.322. The molecule has 1 aromatic rings. The van der Waals surface area contributed by atoms with Gasteiger partial charge in [0.25, 0.3) is 0 Å². The number of hydrogen-bond acceptors (Lipinski definition) is 2. The smallest absolute Gasteiger partial charge is 0.163 e. The predicted octanol–water partition coefficient (Wildman–Crippen LogP) is 2.23. The van der Waals surface area contributed by atoms with Gasteiger partial charge < -0.3 is 0 Å². The van der Waals surface area contributed by atoms with Gasteiger partial charge in [0.05, 0.1) is 11.8 Å². The molecule has 0 amide bonds. The Hall–Kier alpha value is -1.12. The number of carbonyl (C=O) groups excluding carboxylic acids is 1. The van der Waals surface area contributed by atoms with Gasteiger partial charge in [-0.1, -0.05) is 6.92 Å². The highest BCUT2D eigenvalue weighted by atomic mass is 16.1. The van der Waals surface area contributed by atoms with Crippen LogP contribution in [0.25, 0.3) is 0 Å². The Morgan fingerprint density at radius 3 is 2.62 bits per heavy atom. The van der Waals surface area contributed by atoms with Crippen LogP contribution in [0.2, 0.25) is 0 Å². The standard InChI is InChI=1S/C10H16N2O/c1-5-10-9(8(4)13)6-11-12(10)7(2)3/h6-7H,5H2,1-4H3. The van der Waals surface area contributed by atoms with Crippen molar-refractivity contribution in [1.29, 1.82) is 0 Å². The van der Waals surface area contributed by atoms with E-state index >= 15 is 0 Å². The van der Waals surface area contributed by atoms with E-state index in [0.29, 0.717) is 6.04 Å². The molecule has 0 saturated heterocycles. The minimum absolute atomic E-state index is 0.101. The van der Waals surface area contributed by atoms with Crippen molar-refractivity contribution in [3.63, 3.8) is 0 Å². The van der Waals surface area contributed by atoms with Crippen molar-refractivity contribution in [2.45, 2.75) is 40.2 Å². The molecule has 0 saturated carbocycles. The van der Waals surface area contributed by atoms with Crippen LogP contribution in [0.15, 0.2) is 6.20 Å². The molecule has 0 atom stereocenters. The molecule has 1 heterocycles. The third-order valence-electron chi connectivity index (χ3n) is 2.10. The zero-order valence-electron chi connectivity index (χ0n) is 8.66. The summed E-state index contributed by atoms with van der Waals surface area (Å²) >= 11 is 0. The summed E-state index contributed by atoms with van der Waals surface area (Å²) in [6.07, 6.45) is 2.52. The maximum atomic E-state index is 11.2. The van der Waals surface area contributed by atoms with Crippen molar-refractivity contribution in [2.75, 3.05) is 0 Å². The Labute approximate surface area is 78.8 Å². The number of hydrogen-bond donors (Lipinski definition) is 0. The second kappa shape index (κ2) is 3.73. The Morgan fingerprint density at radius 1 is 1.62 bits per heavy atom. The molecule has 0 spiro atoms. The fourth-order valence-corrected chi connectivity index (χ4v) is 1.48. The van der Waals surface area contributed by atoms with E-state index in [1.807, 2.05) is 11.6 Å². The lowest BCUT2D eigenvalue weighted by atomic mass is 10.1. The third kappa shape index (κ3) is 1.79. The van der Waals surface area contributed by atoms with Gasteiger partial charge in [-0.15, -0.1) is 0 Å². The first-order valence-electron chi connectivity index (χ1n) is 4.65. The van der Waals surface area contributed by atoms with Crippen LogP contribution in [0, 0.1) is 0 Å². The second-order valence-corrected chi connectivity index (χ2v) is 3.45. The van der Waals surface area contributed by atoms with Crippen molar-refractivity contribution in [3.05, 3.63) is 17.5 Å². The third-order valence-corrected chi connectivity index (χ3v) is 2.10. The molecule has 0 radical (unpaired) electrons. The van der Waals surface area contributed by atoms with E-state index in [-0.39, 0.29) is 5.78 Å². The van der Waals surface area contributed by atoms with Gasteiger partial charge in [0.2, 0.25) is 0 Å². The van der Waals surface area contributed by atoms with Crippen molar-refractivity contribution >= 4 is 5.78 Å². The molecule has 1 rings (SSSR count). The Kier molecular flexibility index (Phi) is 2.86. The van der Waals surface area contributed by atoms with Crippen LogP contribution in [0.1, 0.15) is 49.8 Å². The van der Waals surface area contributed by atoms with Gasteiger partial charge in [-0.2, -0.15) is 5.10 Å². The summed E-state index contributed by atoms with van der Waals surface area (Å²) < 4.78 is 1.91. The quantitative estimate of drug-likeness (QED) is 0.668. The van der Waals surface area contributed by atoms with E-state index in [9.17, 15) is 4.79 Å². The van der Waals surface area contributed by atoms with Gasteiger partial charge in [0.1, 0.15) is 0 Å². The fraction of sp³-hybridized carbons (Fsp3) is 0.600. The maximum Gasteiger partial charge on any atom is 0.163 e. The van der Waals surface area contributed by atoms with Gasteiger partial charge in [-0.05, 0) is 27.2 Å². The molecule has 0 aromatic carbocycles. The predicted molar refractivity (Wildman–Crippen MR) is 52.0 cm³/mol. The van der Waals surface area contributed by atoms with Crippen molar-refractivity contribution < 1.29 is 4.79 Å². The Balaban J connectivity index is 3.18. The largest absolute Gasteiger partial charge is 0.294 e. The minimum Gasteiger partial charge on any atom is -0.294 e. The van der Waals surface area contributed by atoms with Gasteiger partial charge in [0.15, 0.2) is 5.78 Å². The van der Waals surface area contributed by atoms with E-state index < -0.39 is 0 Å². The van der Waals surface area contributed by atoms with Gasteiger partial charge in [-0.3, -0.25) is 9.48 Å². The van der Waals surface area contributed by atoms with Crippen molar-refractivity contribution in [3.8, 4) is 0 Å². The number of aromatic nitrogens is 2. The topological polar surface area (TPSA) is 34.9 Å². The van der Waals surface area contributed by atoms with E-state index in [1.54, 1.807) is 13.1 Å². The molecular weight excluding hydrogens is 164 g/mol. The lowest BCUT2D eigenvalue weighted by Crippen LogP contribution is -2.08. The van der Waals surface area contributed by atoms with Gasteiger partial charge in [0, 0.05) is 11.7 Å². The molecule has 3 heteroatoms. The molecule has 0 aliphatic rings. The number of Topliss-reactive ketones (excluding diaryl/α,β-unsaturated/α-hetero) is 1. The molecule has 72 valence electrons. The van der Waals surface area contributed by atoms with Crippen LogP contribution >= 0.6 is 0 Å². The maximum absolute atomic E-state index is 11.2. The normalized spacial score (nSPS) is 10.8. The van der Waals surface area contributed by atoms with Crippen LogP contribution in [-0.2, 0) is 6.42 Å². The van der Waals surface area contributed by atoms with Gasteiger partial charge >= 0.3 is 0 Å². The molecule has 3 nitrogen and oxygen atoms in total. The number of carbonyl (C=O) groups is 1. The summed E-state index contributed by atoms with van der Waals surface area (Å²) in [4.78, 5) is 11.2. The zero-order chi connectivity index (χ0) is 10.0. The molecule has 1 aromatic heterocycles. The Morgan fingerprint density at radius 2 is 2.23 bits per heavy atom. The molecule has 0 aliphatic carbocycles. The summed E-state index contributed by atoms with van der Waals surface area (Å²) in [7, 11) is 0. The lowest BCUT2D eigenvalue weighted by molar-refractivity contribution is 0.101. The summed E-state index contributed by atoms with van der Waals surface area (Å²) in [5.41, 5.74) is 1.80. The molecule has 0 unspecified atom stereocenters. The molecular formula is C10H16N2O. The zero-order valence-corrected chi connectivity index (χ0v) is 8.66. The molecule has 0 aliphatic heterocycles. The average molecular weight is 180 g/mol. The van der Waals surface area contributed by atoms with Crippen LogP contribution in [0.5, 0.6) is 0 Å². The Bertz CT molecular complexity index is 313. The average Bonchev–Trinajstić information content (AvgIpc) is 2.46. The van der Waals surface area contributed by atoms with Gasteiger partial charge in [-0.25, -0.2) is 0 Å². The summed E-state index contributed by atoms with van der Waals surface area (Å²) in [5, 5.41) is 4.20. The van der Waals surface area contributed by atoms with Crippen LogP contribution < -0.4 is 0 Å². The number of rotatable bonds is 3. The summed E-state index contributed by atoms with van der Waals surface area (Å²) in [5.74, 6) is 0.101. The first-order chi connectivity index (χ1) is 6.07. The first kappa shape index (κ1) is 9.96. The fourth-order valence-electron chi connectivity index (χ4n) is 1.48.